The van der Waals surface area contributed by atoms with E-state index in [0.29, 0.717) is 5.69 Å². The third-order valence-electron chi connectivity index (χ3n) is 3.29. The van der Waals surface area contributed by atoms with E-state index in [1.165, 1.54) is 0 Å². The van der Waals surface area contributed by atoms with Crippen LogP contribution in [0.5, 0.6) is 0 Å². The van der Waals surface area contributed by atoms with Crippen LogP contribution in [0.2, 0.25) is 0 Å². The predicted octanol–water partition coefficient (Wildman–Crippen LogP) is 2.82. The van der Waals surface area contributed by atoms with Gasteiger partial charge in [-0.2, -0.15) is 0 Å². The zero-order chi connectivity index (χ0) is 14.8. The summed E-state index contributed by atoms with van der Waals surface area (Å²) < 4.78 is 0. The second-order valence-electron chi connectivity index (χ2n) is 6.36. The number of nitrogens with one attached hydrogen (secondary N) is 1. The molecule has 0 saturated carbocycles. The van der Waals surface area contributed by atoms with E-state index in [1.807, 2.05) is 18.2 Å². The van der Waals surface area contributed by atoms with Gasteiger partial charge in [-0.05, 0) is 25.6 Å². The van der Waals surface area contributed by atoms with Crippen LogP contribution >= 0.6 is 0 Å². The Kier molecular flexibility index (Phi) is 4.14. The molecular weight excluding hydrogens is 248 g/mol. The van der Waals surface area contributed by atoms with Gasteiger partial charge in [-0.3, -0.25) is 4.98 Å². The average molecular weight is 272 g/mol. The molecule has 0 bridgehead atoms. The van der Waals surface area contributed by atoms with Gasteiger partial charge in [0, 0.05) is 18.5 Å². The highest BCUT2D eigenvalue weighted by molar-refractivity contribution is 5.96. The summed E-state index contributed by atoms with van der Waals surface area (Å²) in [7, 11) is 4.19. The van der Waals surface area contributed by atoms with Crippen molar-refractivity contribution in [1.82, 2.24) is 9.88 Å². The molecule has 0 spiro atoms. The van der Waals surface area contributed by atoms with E-state index in [-0.39, 0.29) is 5.41 Å². The molecule has 4 heteroatoms. The Balaban J connectivity index is 2.23. The number of nitrogens with two attached hydrogens (primary N) is 1. The molecule has 4 nitrogen and oxygen atoms in total. The van der Waals surface area contributed by atoms with Crippen LogP contribution < -0.4 is 11.1 Å². The zero-order valence-corrected chi connectivity index (χ0v) is 12.8. The summed E-state index contributed by atoms with van der Waals surface area (Å²) in [6, 6.07) is 8.07. The van der Waals surface area contributed by atoms with Crippen LogP contribution in [0.15, 0.2) is 30.5 Å². The van der Waals surface area contributed by atoms with Gasteiger partial charge in [0.25, 0.3) is 0 Å². The number of nitrogens with zero attached hydrogens (tertiary/aromatic N) is 2. The minimum atomic E-state index is 0.167. The van der Waals surface area contributed by atoms with Crippen molar-refractivity contribution >= 4 is 22.3 Å². The van der Waals surface area contributed by atoms with Gasteiger partial charge in [-0.25, -0.2) is 0 Å². The van der Waals surface area contributed by atoms with Crippen molar-refractivity contribution in [2.45, 2.75) is 13.8 Å². The summed E-state index contributed by atoms with van der Waals surface area (Å²) >= 11 is 0. The van der Waals surface area contributed by atoms with Gasteiger partial charge in [0.2, 0.25) is 0 Å². The quantitative estimate of drug-likeness (QED) is 0.879. The molecular formula is C16H24N4. The maximum absolute atomic E-state index is 6.08. The number of hydrogen-bond acceptors (Lipinski definition) is 4. The molecule has 0 fully saturated rings. The Morgan fingerprint density at radius 3 is 2.65 bits per heavy atom. The molecule has 0 saturated heterocycles. The Morgan fingerprint density at radius 2 is 1.95 bits per heavy atom. The summed E-state index contributed by atoms with van der Waals surface area (Å²) in [5, 5.41) is 4.59. The van der Waals surface area contributed by atoms with Gasteiger partial charge >= 0.3 is 0 Å². The van der Waals surface area contributed by atoms with Gasteiger partial charge in [-0.1, -0.05) is 32.0 Å². The lowest BCUT2D eigenvalue weighted by atomic mass is 9.92. The standard InChI is InChI=1S/C16H24N4/c1-16(2,11-20(3)4)10-19-15-12-7-5-6-8-14(12)18-9-13(15)17/h5-9H,10-11,17H2,1-4H3,(H,18,19). The van der Waals surface area contributed by atoms with Crippen LogP contribution in [-0.2, 0) is 0 Å². The summed E-state index contributed by atoms with van der Waals surface area (Å²) in [5.41, 5.74) is 8.90. The number of fused-ring (bicyclic) bond motifs is 1. The molecule has 0 aliphatic carbocycles. The van der Waals surface area contributed by atoms with E-state index < -0.39 is 0 Å². The third-order valence-corrected chi connectivity index (χ3v) is 3.29. The molecule has 0 aliphatic heterocycles. The van der Waals surface area contributed by atoms with Crippen LogP contribution in [0.25, 0.3) is 10.9 Å². The van der Waals surface area contributed by atoms with E-state index in [2.05, 4.69) is 49.2 Å². The summed E-state index contributed by atoms with van der Waals surface area (Å²) in [6.07, 6.45) is 1.73. The first-order chi connectivity index (χ1) is 9.39. The molecule has 0 unspecified atom stereocenters. The van der Waals surface area contributed by atoms with Gasteiger partial charge in [0.05, 0.1) is 23.1 Å². The van der Waals surface area contributed by atoms with Gasteiger partial charge in [0.1, 0.15) is 0 Å². The second kappa shape index (κ2) is 5.67. The molecule has 20 heavy (non-hydrogen) atoms. The van der Waals surface area contributed by atoms with E-state index in [4.69, 9.17) is 5.73 Å². The van der Waals surface area contributed by atoms with Crippen molar-refractivity contribution in [2.24, 2.45) is 5.41 Å². The Morgan fingerprint density at radius 1 is 1.25 bits per heavy atom. The van der Waals surface area contributed by atoms with Gasteiger partial charge in [-0.15, -0.1) is 0 Å². The van der Waals surface area contributed by atoms with Crippen LogP contribution in [0.3, 0.4) is 0 Å². The second-order valence-corrected chi connectivity index (χ2v) is 6.36. The first-order valence-corrected chi connectivity index (χ1v) is 6.91. The molecule has 108 valence electrons. The van der Waals surface area contributed by atoms with Crippen LogP contribution in [0, 0.1) is 5.41 Å². The molecule has 1 aromatic carbocycles. The van der Waals surface area contributed by atoms with Crippen molar-refractivity contribution in [3.05, 3.63) is 30.5 Å². The van der Waals surface area contributed by atoms with E-state index in [1.54, 1.807) is 6.20 Å². The number of para-hydroxylation sites is 1. The topological polar surface area (TPSA) is 54.2 Å². The van der Waals surface area contributed by atoms with Crippen LogP contribution in [-0.4, -0.2) is 37.1 Å². The fraction of sp³-hybridized carbons (Fsp3) is 0.438. The van der Waals surface area contributed by atoms with Gasteiger partial charge in [0.15, 0.2) is 0 Å². The smallest absolute Gasteiger partial charge is 0.0743 e. The maximum Gasteiger partial charge on any atom is 0.0743 e. The molecule has 0 aliphatic rings. The number of anilines is 2. The molecule has 1 aromatic heterocycles. The monoisotopic (exact) mass is 272 g/mol. The summed E-state index contributed by atoms with van der Waals surface area (Å²) in [5.74, 6) is 0. The lowest BCUT2D eigenvalue weighted by molar-refractivity contribution is 0.254. The van der Waals surface area contributed by atoms with Crippen molar-refractivity contribution in [1.29, 1.82) is 0 Å². The average Bonchev–Trinajstić information content (AvgIpc) is 2.36. The highest BCUT2D eigenvalue weighted by atomic mass is 15.1. The van der Waals surface area contributed by atoms with Crippen molar-refractivity contribution in [3.63, 3.8) is 0 Å². The molecule has 2 rings (SSSR count). The Bertz CT molecular complexity index is 590. The number of benzene rings is 1. The van der Waals surface area contributed by atoms with E-state index >= 15 is 0 Å². The van der Waals surface area contributed by atoms with Crippen LogP contribution in [0.4, 0.5) is 11.4 Å². The van der Waals surface area contributed by atoms with E-state index in [0.717, 1.165) is 29.7 Å². The maximum atomic E-state index is 6.08. The first kappa shape index (κ1) is 14.6. The lowest BCUT2D eigenvalue weighted by Crippen LogP contribution is -2.34. The Hall–Kier alpha value is -1.81. The molecule has 0 amide bonds. The fourth-order valence-corrected chi connectivity index (χ4v) is 2.59. The highest BCUT2D eigenvalue weighted by Crippen LogP contribution is 2.29. The SMILES string of the molecule is CN(C)CC(C)(C)CNc1c(N)cnc2ccccc12. The predicted molar refractivity (Wildman–Crippen MR) is 87.0 cm³/mol. The van der Waals surface area contributed by atoms with E-state index in [9.17, 15) is 0 Å². The number of pyridine rings is 1. The number of nitrogen functional groups attached to an aromatic ring is 1. The molecule has 3 N–H and O–H groups in total. The molecule has 0 atom stereocenters. The minimum absolute atomic E-state index is 0.167. The first-order valence-electron chi connectivity index (χ1n) is 6.91. The summed E-state index contributed by atoms with van der Waals surface area (Å²) in [6.45, 7) is 6.38. The van der Waals surface area contributed by atoms with Crippen LogP contribution in [0.1, 0.15) is 13.8 Å². The van der Waals surface area contributed by atoms with Gasteiger partial charge < -0.3 is 16.0 Å². The molecule has 1 heterocycles. The Labute approximate surface area is 121 Å². The third kappa shape index (κ3) is 3.39. The normalized spacial score (nSPS) is 12.1. The molecule has 0 radical (unpaired) electrons. The minimum Gasteiger partial charge on any atom is -0.396 e. The largest absolute Gasteiger partial charge is 0.396 e. The molecule has 2 aromatic rings. The lowest BCUT2D eigenvalue weighted by Gasteiger charge is -2.29. The fourth-order valence-electron chi connectivity index (χ4n) is 2.59. The van der Waals surface area contributed by atoms with Crippen molar-refractivity contribution in [3.8, 4) is 0 Å². The zero-order valence-electron chi connectivity index (χ0n) is 12.8. The summed E-state index contributed by atoms with van der Waals surface area (Å²) in [4.78, 5) is 6.57. The van der Waals surface area contributed by atoms with Crippen molar-refractivity contribution < 1.29 is 0 Å². The number of hydrogen-bond donors (Lipinski definition) is 2. The van der Waals surface area contributed by atoms with Crippen molar-refractivity contribution in [2.75, 3.05) is 38.2 Å². The number of aromatic nitrogens is 1. The number of rotatable bonds is 5. The highest BCUT2D eigenvalue weighted by Gasteiger charge is 2.19.